The molecule has 0 aliphatic carbocycles. The Kier molecular flexibility index (Phi) is 5.33. The van der Waals surface area contributed by atoms with Crippen LogP contribution in [0.4, 0.5) is 0 Å². The predicted molar refractivity (Wildman–Crippen MR) is 29.3 cm³/mol. The van der Waals surface area contributed by atoms with E-state index >= 15 is 0 Å². The number of ether oxygens (including phenoxy) is 1. The topological polar surface area (TPSA) is 33.1 Å². The number of hydrogen-bond acceptors (Lipinski definition) is 2. The smallest absolute Gasteiger partial charge is 0.0889 e. The van der Waals surface area contributed by atoms with E-state index in [1.54, 1.807) is 6.61 Å². The molecule has 0 aromatic rings. The molecule has 0 amide bonds. The largest absolute Gasteiger partial charge is 0.375 e. The van der Waals surface area contributed by atoms with Gasteiger partial charge >= 0.3 is 0 Å². The summed E-state index contributed by atoms with van der Waals surface area (Å²) in [6, 6.07) is 0. The van der Waals surface area contributed by atoms with E-state index in [9.17, 15) is 0 Å². The van der Waals surface area contributed by atoms with Crippen LogP contribution in [-0.2, 0) is 4.74 Å². The van der Waals surface area contributed by atoms with Gasteiger partial charge in [-0.3, -0.25) is 0 Å². The first-order chi connectivity index (χ1) is 3.41. The average molecular weight is 100 g/mol. The monoisotopic (exact) mass is 100 g/mol. The molecule has 0 atom stereocenters. The Morgan fingerprint density at radius 3 is 2.86 bits per heavy atom. The lowest BCUT2D eigenvalue weighted by molar-refractivity contribution is 0.216. The summed E-state index contributed by atoms with van der Waals surface area (Å²) in [5.74, 6) is 0. The van der Waals surface area contributed by atoms with Crippen LogP contribution in [0.3, 0.4) is 0 Å². The van der Waals surface area contributed by atoms with Gasteiger partial charge < -0.3 is 10.1 Å². The van der Waals surface area contributed by atoms with Gasteiger partial charge in [0.15, 0.2) is 0 Å². The summed E-state index contributed by atoms with van der Waals surface area (Å²) in [6.07, 6.45) is 1.92. The maximum Gasteiger partial charge on any atom is 0.0889 e. The molecule has 0 saturated carbocycles. The van der Waals surface area contributed by atoms with E-state index in [1.807, 2.05) is 6.92 Å². The van der Waals surface area contributed by atoms with Crippen molar-refractivity contribution in [3.8, 4) is 0 Å². The van der Waals surface area contributed by atoms with Crippen molar-refractivity contribution in [1.82, 2.24) is 0 Å². The third-order valence-corrected chi connectivity index (χ3v) is 0.499. The highest BCUT2D eigenvalue weighted by atomic mass is 16.5. The molecule has 0 unspecified atom stereocenters. The Bertz CT molecular complexity index is 45.3. The van der Waals surface area contributed by atoms with Gasteiger partial charge in [-0.05, 0) is 13.1 Å². The van der Waals surface area contributed by atoms with Crippen molar-refractivity contribution in [2.75, 3.05) is 6.61 Å². The first kappa shape index (κ1) is 6.63. The second-order valence-corrected chi connectivity index (χ2v) is 1.06. The molecule has 1 radical (unpaired) electrons. The van der Waals surface area contributed by atoms with E-state index < -0.39 is 0 Å². The van der Waals surface area contributed by atoms with Gasteiger partial charge in [-0.1, -0.05) is 0 Å². The molecule has 0 saturated heterocycles. The van der Waals surface area contributed by atoms with Gasteiger partial charge in [0.25, 0.3) is 0 Å². The fraction of sp³-hybridized carbons (Fsp3) is 0.600. The SMILES string of the molecule is CCO[CH]CC=N. The molecule has 0 spiro atoms. The Balaban J connectivity index is 2.56. The highest BCUT2D eigenvalue weighted by Crippen LogP contribution is 1.82. The maximum atomic E-state index is 6.54. The van der Waals surface area contributed by atoms with Gasteiger partial charge in [0.1, 0.15) is 0 Å². The predicted octanol–water partition coefficient (Wildman–Crippen LogP) is 1.22. The lowest BCUT2D eigenvalue weighted by atomic mass is 10.5. The van der Waals surface area contributed by atoms with Gasteiger partial charge in [-0.2, -0.15) is 0 Å². The average Bonchev–Trinajstić information content (AvgIpc) is 1.69. The summed E-state index contributed by atoms with van der Waals surface area (Å²) < 4.78 is 4.80. The minimum atomic E-state index is 0.619. The van der Waals surface area contributed by atoms with Crippen LogP contribution in [0, 0.1) is 12.0 Å². The van der Waals surface area contributed by atoms with Gasteiger partial charge in [0, 0.05) is 13.0 Å². The van der Waals surface area contributed by atoms with Crippen molar-refractivity contribution in [3.05, 3.63) is 6.61 Å². The number of hydrogen-bond donors (Lipinski definition) is 1. The zero-order valence-corrected chi connectivity index (χ0v) is 4.48. The summed E-state index contributed by atoms with van der Waals surface area (Å²) in [5, 5.41) is 6.54. The molecule has 0 rings (SSSR count). The fourth-order valence-corrected chi connectivity index (χ4v) is 0.234. The first-order valence-corrected chi connectivity index (χ1v) is 2.34. The second kappa shape index (κ2) is 5.63. The van der Waals surface area contributed by atoms with Crippen molar-refractivity contribution >= 4 is 6.21 Å². The Morgan fingerprint density at radius 2 is 2.43 bits per heavy atom. The molecular formula is C5H10NO. The third-order valence-electron chi connectivity index (χ3n) is 0.499. The molecule has 2 nitrogen and oxygen atoms in total. The van der Waals surface area contributed by atoms with E-state index in [0.717, 1.165) is 0 Å². The van der Waals surface area contributed by atoms with Gasteiger partial charge in [-0.25, -0.2) is 0 Å². The molecular weight excluding hydrogens is 90.1 g/mol. The van der Waals surface area contributed by atoms with Crippen molar-refractivity contribution in [2.24, 2.45) is 0 Å². The Morgan fingerprint density at radius 1 is 1.71 bits per heavy atom. The van der Waals surface area contributed by atoms with Crippen LogP contribution in [0.2, 0.25) is 0 Å². The van der Waals surface area contributed by atoms with Crippen LogP contribution >= 0.6 is 0 Å². The standard InChI is InChI=1S/C5H10NO/c1-2-7-5-3-4-6/h4-6H,2-3H2,1H3. The van der Waals surface area contributed by atoms with Crippen LogP contribution in [0.5, 0.6) is 0 Å². The lowest BCUT2D eigenvalue weighted by Crippen LogP contribution is -1.84. The third kappa shape index (κ3) is 5.63. The number of rotatable bonds is 4. The first-order valence-electron chi connectivity index (χ1n) is 2.34. The normalized spacial score (nSPS) is 8.71. The van der Waals surface area contributed by atoms with Crippen LogP contribution < -0.4 is 0 Å². The Labute approximate surface area is 44.0 Å². The molecule has 7 heavy (non-hydrogen) atoms. The van der Waals surface area contributed by atoms with Crippen LogP contribution in [-0.4, -0.2) is 12.8 Å². The maximum absolute atomic E-state index is 6.54. The van der Waals surface area contributed by atoms with E-state index in [0.29, 0.717) is 13.0 Å². The molecule has 1 N–H and O–H groups in total. The zero-order chi connectivity index (χ0) is 5.54. The molecule has 0 aliphatic rings. The van der Waals surface area contributed by atoms with Crippen molar-refractivity contribution in [3.63, 3.8) is 0 Å². The summed E-state index contributed by atoms with van der Waals surface area (Å²) in [7, 11) is 0. The van der Waals surface area contributed by atoms with E-state index in [-0.39, 0.29) is 0 Å². The minimum Gasteiger partial charge on any atom is -0.375 e. The van der Waals surface area contributed by atoms with Crippen LogP contribution in [0.1, 0.15) is 13.3 Å². The Hall–Kier alpha value is -0.370. The molecule has 0 aromatic carbocycles. The van der Waals surface area contributed by atoms with Gasteiger partial charge in [0.2, 0.25) is 0 Å². The molecule has 0 aliphatic heterocycles. The minimum absolute atomic E-state index is 0.619. The summed E-state index contributed by atoms with van der Waals surface area (Å²) in [6.45, 7) is 4.24. The van der Waals surface area contributed by atoms with Gasteiger partial charge in [0.05, 0.1) is 6.61 Å². The van der Waals surface area contributed by atoms with Crippen molar-refractivity contribution < 1.29 is 4.74 Å². The molecule has 0 aromatic heterocycles. The van der Waals surface area contributed by atoms with Gasteiger partial charge in [-0.15, -0.1) is 0 Å². The number of nitrogens with one attached hydrogen (secondary N) is 1. The summed E-state index contributed by atoms with van der Waals surface area (Å²) >= 11 is 0. The second-order valence-electron chi connectivity index (χ2n) is 1.06. The van der Waals surface area contributed by atoms with E-state index in [2.05, 4.69) is 0 Å². The molecule has 0 fully saturated rings. The van der Waals surface area contributed by atoms with Crippen LogP contribution in [0.15, 0.2) is 0 Å². The zero-order valence-electron chi connectivity index (χ0n) is 4.48. The quantitative estimate of drug-likeness (QED) is 0.418. The summed E-state index contributed by atoms with van der Waals surface area (Å²) in [4.78, 5) is 0. The lowest BCUT2D eigenvalue weighted by Gasteiger charge is -1.90. The summed E-state index contributed by atoms with van der Waals surface area (Å²) in [5.41, 5.74) is 0. The van der Waals surface area contributed by atoms with Crippen LogP contribution in [0.25, 0.3) is 0 Å². The highest BCUT2D eigenvalue weighted by Gasteiger charge is 1.77. The van der Waals surface area contributed by atoms with E-state index in [4.69, 9.17) is 10.1 Å². The highest BCUT2D eigenvalue weighted by molar-refractivity contribution is 5.53. The molecule has 2 heteroatoms. The molecule has 0 bridgehead atoms. The molecule has 41 valence electrons. The van der Waals surface area contributed by atoms with E-state index in [1.165, 1.54) is 6.21 Å². The van der Waals surface area contributed by atoms with Crippen molar-refractivity contribution in [2.45, 2.75) is 13.3 Å². The fourth-order valence-electron chi connectivity index (χ4n) is 0.234. The molecule has 0 heterocycles. The van der Waals surface area contributed by atoms with Crippen molar-refractivity contribution in [1.29, 1.82) is 5.41 Å².